The Morgan fingerprint density at radius 2 is 2.25 bits per heavy atom. The molecule has 2 aromatic heterocycles. The first-order chi connectivity index (χ1) is 9.63. The summed E-state index contributed by atoms with van der Waals surface area (Å²) in [5.41, 5.74) is 3.65. The molecular formula is C15H21N5. The van der Waals surface area contributed by atoms with Gasteiger partial charge in [0.25, 0.3) is 0 Å². The average molecular weight is 271 g/mol. The average Bonchev–Trinajstić information content (AvgIpc) is 2.87. The Balaban J connectivity index is 1.84. The highest BCUT2D eigenvalue weighted by Crippen LogP contribution is 2.28. The Morgan fingerprint density at radius 3 is 3.05 bits per heavy atom. The summed E-state index contributed by atoms with van der Waals surface area (Å²) in [6.45, 7) is 8.48. The Bertz CT molecular complexity index is 589. The van der Waals surface area contributed by atoms with Gasteiger partial charge in [0.05, 0.1) is 6.20 Å². The summed E-state index contributed by atoms with van der Waals surface area (Å²) >= 11 is 0. The van der Waals surface area contributed by atoms with Crippen LogP contribution in [0.5, 0.6) is 0 Å². The molecule has 0 bridgehead atoms. The summed E-state index contributed by atoms with van der Waals surface area (Å²) in [7, 11) is 0. The van der Waals surface area contributed by atoms with Crippen LogP contribution in [0.25, 0.3) is 0 Å². The van der Waals surface area contributed by atoms with Crippen molar-refractivity contribution in [1.82, 2.24) is 20.2 Å². The van der Waals surface area contributed by atoms with Crippen molar-refractivity contribution in [1.29, 1.82) is 0 Å². The van der Waals surface area contributed by atoms with Crippen molar-refractivity contribution in [2.45, 2.75) is 39.7 Å². The summed E-state index contributed by atoms with van der Waals surface area (Å²) in [5.74, 6) is 2.08. The van der Waals surface area contributed by atoms with Crippen molar-refractivity contribution < 1.29 is 0 Å². The summed E-state index contributed by atoms with van der Waals surface area (Å²) in [4.78, 5) is 11.1. The lowest BCUT2D eigenvalue weighted by molar-refractivity contribution is 0.613. The zero-order valence-corrected chi connectivity index (χ0v) is 12.3. The second kappa shape index (κ2) is 5.23. The van der Waals surface area contributed by atoms with Crippen molar-refractivity contribution >= 4 is 5.82 Å². The van der Waals surface area contributed by atoms with E-state index in [0.29, 0.717) is 11.8 Å². The molecule has 1 unspecified atom stereocenters. The van der Waals surface area contributed by atoms with Gasteiger partial charge in [-0.1, -0.05) is 20.8 Å². The standard InChI is InChI=1S/C15H21N5/c1-10(2)4-13-5-14(17-9-16-13)20-7-11(3)15-12(8-20)6-18-19-15/h5-6,9-11H,4,7-8H2,1-3H3,(H,18,19). The van der Waals surface area contributed by atoms with Crippen LogP contribution in [0.1, 0.15) is 43.6 Å². The smallest absolute Gasteiger partial charge is 0.132 e. The molecule has 1 aliphatic rings. The number of nitrogens with one attached hydrogen (secondary N) is 1. The van der Waals surface area contributed by atoms with E-state index in [1.165, 1.54) is 11.3 Å². The summed E-state index contributed by atoms with van der Waals surface area (Å²) < 4.78 is 0. The molecule has 0 spiro atoms. The van der Waals surface area contributed by atoms with Crippen LogP contribution in [0.3, 0.4) is 0 Å². The maximum atomic E-state index is 4.45. The molecule has 0 amide bonds. The topological polar surface area (TPSA) is 57.7 Å². The molecule has 0 fully saturated rings. The van der Waals surface area contributed by atoms with E-state index >= 15 is 0 Å². The van der Waals surface area contributed by atoms with Gasteiger partial charge in [-0.3, -0.25) is 5.10 Å². The maximum absolute atomic E-state index is 4.45. The van der Waals surface area contributed by atoms with Crippen molar-refractivity contribution in [2.24, 2.45) is 5.92 Å². The van der Waals surface area contributed by atoms with Crippen molar-refractivity contribution in [3.8, 4) is 0 Å². The number of aromatic nitrogens is 4. The molecule has 5 nitrogen and oxygen atoms in total. The fourth-order valence-electron chi connectivity index (χ4n) is 2.83. The van der Waals surface area contributed by atoms with Gasteiger partial charge in [-0.2, -0.15) is 5.10 Å². The summed E-state index contributed by atoms with van der Waals surface area (Å²) in [6.07, 6.45) is 4.60. The number of hydrogen-bond acceptors (Lipinski definition) is 4. The quantitative estimate of drug-likeness (QED) is 0.932. The minimum absolute atomic E-state index is 0.449. The molecule has 5 heteroatoms. The largest absolute Gasteiger partial charge is 0.351 e. The Labute approximate surface area is 119 Å². The van der Waals surface area contributed by atoms with Gasteiger partial charge in [0.2, 0.25) is 0 Å². The summed E-state index contributed by atoms with van der Waals surface area (Å²) in [6, 6.07) is 2.12. The van der Waals surface area contributed by atoms with E-state index in [9.17, 15) is 0 Å². The van der Waals surface area contributed by atoms with E-state index in [4.69, 9.17) is 0 Å². The van der Waals surface area contributed by atoms with E-state index < -0.39 is 0 Å². The van der Waals surface area contributed by atoms with Gasteiger partial charge in [0.1, 0.15) is 12.1 Å². The first-order valence-electron chi connectivity index (χ1n) is 7.21. The minimum atomic E-state index is 0.449. The van der Waals surface area contributed by atoms with Gasteiger partial charge in [0, 0.05) is 42.0 Å². The lowest BCUT2D eigenvalue weighted by Gasteiger charge is -2.31. The van der Waals surface area contributed by atoms with Crippen LogP contribution in [0.2, 0.25) is 0 Å². The Morgan fingerprint density at radius 1 is 1.40 bits per heavy atom. The third-order valence-corrected chi connectivity index (χ3v) is 3.75. The van der Waals surface area contributed by atoms with Crippen LogP contribution in [0.15, 0.2) is 18.6 Å². The zero-order chi connectivity index (χ0) is 14.1. The molecule has 0 radical (unpaired) electrons. The molecule has 1 aliphatic heterocycles. The maximum Gasteiger partial charge on any atom is 0.132 e. The molecule has 1 atom stereocenters. The molecule has 20 heavy (non-hydrogen) atoms. The minimum Gasteiger partial charge on any atom is -0.351 e. The number of anilines is 1. The Hall–Kier alpha value is -1.91. The lowest BCUT2D eigenvalue weighted by atomic mass is 9.98. The van der Waals surface area contributed by atoms with Crippen molar-refractivity contribution in [2.75, 3.05) is 11.4 Å². The van der Waals surface area contributed by atoms with E-state index in [-0.39, 0.29) is 0 Å². The van der Waals surface area contributed by atoms with Gasteiger partial charge in [0.15, 0.2) is 0 Å². The molecule has 0 aromatic carbocycles. The molecule has 3 rings (SSSR count). The number of rotatable bonds is 3. The molecule has 0 saturated heterocycles. The van der Waals surface area contributed by atoms with Gasteiger partial charge >= 0.3 is 0 Å². The van der Waals surface area contributed by atoms with Gasteiger partial charge in [-0.25, -0.2) is 9.97 Å². The monoisotopic (exact) mass is 271 g/mol. The molecule has 0 aliphatic carbocycles. The van der Waals surface area contributed by atoms with Crippen LogP contribution in [-0.4, -0.2) is 26.7 Å². The van der Waals surface area contributed by atoms with Crippen LogP contribution < -0.4 is 4.90 Å². The van der Waals surface area contributed by atoms with E-state index in [2.05, 4.69) is 51.9 Å². The number of fused-ring (bicyclic) bond motifs is 1. The van der Waals surface area contributed by atoms with Gasteiger partial charge in [-0.05, 0) is 12.3 Å². The van der Waals surface area contributed by atoms with Crippen LogP contribution in [0.4, 0.5) is 5.82 Å². The molecule has 1 N–H and O–H groups in total. The predicted octanol–water partition coefficient (Wildman–Crippen LogP) is 2.52. The molecular weight excluding hydrogens is 250 g/mol. The second-order valence-corrected chi connectivity index (χ2v) is 6.06. The van der Waals surface area contributed by atoms with E-state index in [1.807, 2.05) is 6.20 Å². The van der Waals surface area contributed by atoms with Crippen molar-refractivity contribution in [3.05, 3.63) is 35.5 Å². The highest BCUT2D eigenvalue weighted by molar-refractivity contribution is 5.44. The normalized spacial score (nSPS) is 18.4. The number of nitrogens with zero attached hydrogens (tertiary/aromatic N) is 4. The first-order valence-corrected chi connectivity index (χ1v) is 7.21. The fourth-order valence-corrected chi connectivity index (χ4v) is 2.83. The summed E-state index contributed by atoms with van der Waals surface area (Å²) in [5, 5.41) is 7.26. The van der Waals surface area contributed by atoms with Crippen molar-refractivity contribution in [3.63, 3.8) is 0 Å². The number of aromatic amines is 1. The fraction of sp³-hybridized carbons (Fsp3) is 0.533. The van der Waals surface area contributed by atoms with E-state index in [0.717, 1.165) is 31.0 Å². The van der Waals surface area contributed by atoms with Crippen LogP contribution in [-0.2, 0) is 13.0 Å². The third kappa shape index (κ3) is 2.53. The lowest BCUT2D eigenvalue weighted by Crippen LogP contribution is -2.33. The highest BCUT2D eigenvalue weighted by atomic mass is 15.2. The third-order valence-electron chi connectivity index (χ3n) is 3.75. The highest BCUT2D eigenvalue weighted by Gasteiger charge is 2.24. The molecule has 106 valence electrons. The predicted molar refractivity (Wildman–Crippen MR) is 78.6 cm³/mol. The number of H-pyrrole nitrogens is 1. The SMILES string of the molecule is CC(C)Cc1cc(N2Cc3cn[nH]c3C(C)C2)ncn1. The molecule has 3 heterocycles. The van der Waals surface area contributed by atoms with E-state index in [1.54, 1.807) is 6.33 Å². The first kappa shape index (κ1) is 13.1. The zero-order valence-electron chi connectivity index (χ0n) is 12.3. The van der Waals surface area contributed by atoms with Crippen LogP contribution >= 0.6 is 0 Å². The molecule has 0 saturated carbocycles. The number of hydrogen-bond donors (Lipinski definition) is 1. The van der Waals surface area contributed by atoms with Crippen LogP contribution in [0, 0.1) is 5.92 Å². The van der Waals surface area contributed by atoms with Gasteiger partial charge < -0.3 is 4.90 Å². The second-order valence-electron chi connectivity index (χ2n) is 6.06. The van der Waals surface area contributed by atoms with Gasteiger partial charge in [-0.15, -0.1) is 0 Å². The molecule has 2 aromatic rings. The Kier molecular flexibility index (Phi) is 3.42.